The average molecular weight is 497 g/mol. The van der Waals surface area contributed by atoms with Gasteiger partial charge in [0.2, 0.25) is 0 Å². The van der Waals surface area contributed by atoms with Gasteiger partial charge < -0.3 is 23.7 Å². The molecule has 1 aromatic rings. The van der Waals surface area contributed by atoms with Crippen LogP contribution in [0.15, 0.2) is 35.2 Å². The molecule has 0 radical (unpaired) electrons. The smallest absolute Gasteiger partial charge is 0.297 e. The van der Waals surface area contributed by atoms with Gasteiger partial charge in [0, 0.05) is 12.5 Å². The third-order valence-corrected chi connectivity index (χ3v) is 5.75. The van der Waals surface area contributed by atoms with Gasteiger partial charge in [0.25, 0.3) is 10.1 Å². The number of hydrogen-bond donors (Lipinski definition) is 0. The summed E-state index contributed by atoms with van der Waals surface area (Å²) in [6, 6.07) is 8.00. The lowest BCUT2D eigenvalue weighted by Gasteiger charge is -2.08. The molecule has 0 aliphatic rings. The fourth-order valence-electron chi connectivity index (χ4n) is 2.49. The average Bonchev–Trinajstić information content (AvgIpc) is 2.80. The largest absolute Gasteiger partial charge is 0.379 e. The monoisotopic (exact) mass is 496 g/mol. The number of alkyl halides is 1. The van der Waals surface area contributed by atoms with Gasteiger partial charge in [-0.2, -0.15) is 8.42 Å². The van der Waals surface area contributed by atoms with Gasteiger partial charge in [0.15, 0.2) is 0 Å². The lowest BCUT2D eigenvalue weighted by atomic mass is 10.2. The summed E-state index contributed by atoms with van der Waals surface area (Å²) in [6.45, 7) is 4.76. The van der Waals surface area contributed by atoms with Gasteiger partial charge in [0.05, 0.1) is 71.0 Å². The van der Waals surface area contributed by atoms with Crippen LogP contribution in [-0.2, 0) is 38.0 Å². The molecule has 0 aliphatic heterocycles. The molecule has 0 saturated carbocycles. The number of halogens is 1. The molecule has 1 rings (SSSR count). The molecule has 8 nitrogen and oxygen atoms in total. The predicted molar refractivity (Wildman–Crippen MR) is 123 cm³/mol. The lowest BCUT2D eigenvalue weighted by Crippen LogP contribution is -2.15. The van der Waals surface area contributed by atoms with E-state index in [1.54, 1.807) is 18.2 Å². The Kier molecular flexibility index (Phi) is 19.0. The van der Waals surface area contributed by atoms with E-state index in [0.717, 1.165) is 38.2 Å². The maximum atomic E-state index is 11.9. The third-order valence-electron chi connectivity index (χ3n) is 4.16. The normalized spacial score (nSPS) is 11.8. The molecule has 10 heteroatoms. The van der Waals surface area contributed by atoms with Crippen molar-refractivity contribution in [1.82, 2.24) is 0 Å². The van der Waals surface area contributed by atoms with Gasteiger partial charge in [0.1, 0.15) is 0 Å². The first-order chi connectivity index (χ1) is 15.7. The molecule has 0 aliphatic carbocycles. The Bertz CT molecular complexity index is 630. The van der Waals surface area contributed by atoms with Gasteiger partial charge in [-0.25, -0.2) is 0 Å². The van der Waals surface area contributed by atoms with Crippen molar-refractivity contribution in [1.29, 1.82) is 0 Å². The Labute approximate surface area is 197 Å². The number of unbranched alkanes of at least 4 members (excludes halogenated alkanes) is 3. The van der Waals surface area contributed by atoms with Crippen molar-refractivity contribution < 1.29 is 36.3 Å². The van der Waals surface area contributed by atoms with Crippen molar-refractivity contribution in [2.45, 2.75) is 30.6 Å². The number of rotatable bonds is 23. The molecular formula is C22H37ClO8S. The summed E-state index contributed by atoms with van der Waals surface area (Å²) >= 11 is 5.63. The fraction of sp³-hybridized carbons (Fsp3) is 0.727. The summed E-state index contributed by atoms with van der Waals surface area (Å²) < 4.78 is 55.7. The van der Waals surface area contributed by atoms with Crippen LogP contribution < -0.4 is 0 Å². The molecule has 186 valence electrons. The van der Waals surface area contributed by atoms with Crippen molar-refractivity contribution in [2.75, 3.05) is 78.6 Å². The minimum Gasteiger partial charge on any atom is -0.379 e. The Hall–Kier alpha value is -0.780. The van der Waals surface area contributed by atoms with Gasteiger partial charge in [-0.15, -0.1) is 11.6 Å². The van der Waals surface area contributed by atoms with Crippen LogP contribution in [-0.4, -0.2) is 87.0 Å². The highest BCUT2D eigenvalue weighted by molar-refractivity contribution is 7.86. The van der Waals surface area contributed by atoms with Crippen LogP contribution in [0.25, 0.3) is 0 Å². The summed E-state index contributed by atoms with van der Waals surface area (Å²) in [7, 11) is -3.73. The van der Waals surface area contributed by atoms with Crippen molar-refractivity contribution in [3.63, 3.8) is 0 Å². The van der Waals surface area contributed by atoms with Crippen LogP contribution in [0.3, 0.4) is 0 Å². The Morgan fingerprint density at radius 3 is 1.50 bits per heavy atom. The second kappa shape index (κ2) is 20.8. The molecule has 0 bridgehead atoms. The number of benzene rings is 1. The van der Waals surface area contributed by atoms with Crippen LogP contribution in [0.5, 0.6) is 0 Å². The molecule has 0 saturated heterocycles. The van der Waals surface area contributed by atoms with Gasteiger partial charge in [-0.1, -0.05) is 31.0 Å². The van der Waals surface area contributed by atoms with E-state index in [4.69, 9.17) is 39.5 Å². The van der Waals surface area contributed by atoms with Gasteiger partial charge in [-0.3, -0.25) is 4.18 Å². The lowest BCUT2D eigenvalue weighted by molar-refractivity contribution is -0.0127. The van der Waals surface area contributed by atoms with E-state index < -0.39 is 10.1 Å². The SMILES string of the molecule is O=S(=O)(OCCOCCOCCOCCOCCOCCCCCCCl)c1ccccc1. The topological polar surface area (TPSA) is 89.5 Å². The van der Waals surface area contributed by atoms with Crippen molar-refractivity contribution >= 4 is 21.7 Å². The first-order valence-electron chi connectivity index (χ1n) is 11.1. The van der Waals surface area contributed by atoms with E-state index in [2.05, 4.69) is 0 Å². The molecule has 0 amide bonds. The highest BCUT2D eigenvalue weighted by Gasteiger charge is 2.13. The van der Waals surface area contributed by atoms with Gasteiger partial charge in [-0.05, 0) is 25.0 Å². The maximum Gasteiger partial charge on any atom is 0.297 e. The summed E-state index contributed by atoms with van der Waals surface area (Å²) in [5.41, 5.74) is 0. The second-order valence-electron chi connectivity index (χ2n) is 6.75. The Morgan fingerprint density at radius 2 is 1.00 bits per heavy atom. The third kappa shape index (κ3) is 16.8. The summed E-state index contributed by atoms with van der Waals surface area (Å²) in [5, 5.41) is 0. The number of ether oxygens (including phenoxy) is 5. The Balaban J connectivity index is 1.76. The summed E-state index contributed by atoms with van der Waals surface area (Å²) in [4.78, 5) is 0.131. The summed E-state index contributed by atoms with van der Waals surface area (Å²) in [5.74, 6) is 0.735. The molecule has 1 aromatic carbocycles. The van der Waals surface area contributed by atoms with Crippen LogP contribution in [0.2, 0.25) is 0 Å². The predicted octanol–water partition coefficient (Wildman–Crippen LogP) is 3.27. The van der Waals surface area contributed by atoms with E-state index >= 15 is 0 Å². The fourth-order valence-corrected chi connectivity index (χ4v) is 3.59. The van der Waals surface area contributed by atoms with Crippen LogP contribution in [0, 0.1) is 0 Å². The highest BCUT2D eigenvalue weighted by atomic mass is 35.5. The molecule has 0 heterocycles. The molecule has 0 fully saturated rings. The minimum atomic E-state index is -3.73. The second-order valence-corrected chi connectivity index (χ2v) is 8.75. The van der Waals surface area contributed by atoms with Crippen LogP contribution in [0.4, 0.5) is 0 Å². The van der Waals surface area contributed by atoms with E-state index in [1.165, 1.54) is 12.1 Å². The standard InChI is InChI=1S/C22H37ClO8S/c23-10-6-1-2-7-11-26-12-13-27-14-15-28-16-17-29-18-19-30-20-21-31-32(24,25)22-8-4-3-5-9-22/h3-5,8-9H,1-2,6-7,10-21H2. The van der Waals surface area contributed by atoms with Gasteiger partial charge >= 0.3 is 0 Å². The van der Waals surface area contributed by atoms with Crippen LogP contribution in [0.1, 0.15) is 25.7 Å². The first-order valence-corrected chi connectivity index (χ1v) is 13.0. The van der Waals surface area contributed by atoms with E-state index in [0.29, 0.717) is 52.9 Å². The zero-order valence-electron chi connectivity index (χ0n) is 18.8. The molecule has 32 heavy (non-hydrogen) atoms. The van der Waals surface area contributed by atoms with Crippen LogP contribution >= 0.6 is 11.6 Å². The molecule has 0 atom stereocenters. The zero-order chi connectivity index (χ0) is 23.2. The quantitative estimate of drug-likeness (QED) is 0.129. The Morgan fingerprint density at radius 1 is 0.562 bits per heavy atom. The van der Waals surface area contributed by atoms with E-state index in [9.17, 15) is 8.42 Å². The maximum absolute atomic E-state index is 11.9. The summed E-state index contributed by atoms with van der Waals surface area (Å²) in [6.07, 6.45) is 4.45. The molecular weight excluding hydrogens is 460 g/mol. The number of hydrogen-bond acceptors (Lipinski definition) is 8. The highest BCUT2D eigenvalue weighted by Crippen LogP contribution is 2.10. The zero-order valence-corrected chi connectivity index (χ0v) is 20.3. The van der Waals surface area contributed by atoms with E-state index in [1.807, 2.05) is 0 Å². The minimum absolute atomic E-state index is 0.0417. The van der Waals surface area contributed by atoms with Crippen molar-refractivity contribution in [2.24, 2.45) is 0 Å². The molecule has 0 unspecified atom stereocenters. The van der Waals surface area contributed by atoms with E-state index in [-0.39, 0.29) is 18.1 Å². The first kappa shape index (κ1) is 29.3. The van der Waals surface area contributed by atoms with Crippen molar-refractivity contribution in [3.8, 4) is 0 Å². The van der Waals surface area contributed by atoms with Crippen molar-refractivity contribution in [3.05, 3.63) is 30.3 Å². The molecule has 0 aromatic heterocycles. The molecule has 0 N–H and O–H groups in total. The molecule has 0 spiro atoms.